The van der Waals surface area contributed by atoms with E-state index in [1.807, 2.05) is 18.2 Å². The number of amides is 3. The Morgan fingerprint density at radius 2 is 1.79 bits per heavy atom. The summed E-state index contributed by atoms with van der Waals surface area (Å²) in [7, 11) is 1.24. The van der Waals surface area contributed by atoms with Crippen molar-refractivity contribution < 1.29 is 33.4 Å². The molecule has 1 N–H and O–H groups in total. The molecule has 0 aromatic heterocycles. The van der Waals surface area contributed by atoms with E-state index >= 15 is 0 Å². The van der Waals surface area contributed by atoms with Gasteiger partial charge in [-0.15, -0.1) is 0 Å². The van der Waals surface area contributed by atoms with Crippen LogP contribution in [0.4, 0.5) is 9.59 Å². The molecule has 0 aliphatic carbocycles. The second-order valence-electron chi connectivity index (χ2n) is 11.8. The van der Waals surface area contributed by atoms with E-state index in [1.165, 1.54) is 12.0 Å². The number of hydrogen-bond acceptors (Lipinski definition) is 7. The molecule has 2 heterocycles. The van der Waals surface area contributed by atoms with E-state index in [4.69, 9.17) is 14.2 Å². The zero-order valence-electron chi connectivity index (χ0n) is 23.3. The van der Waals surface area contributed by atoms with Crippen LogP contribution >= 0.6 is 0 Å². The Kier molecular flexibility index (Phi) is 8.43. The van der Waals surface area contributed by atoms with Gasteiger partial charge in [0.25, 0.3) is 0 Å². The minimum Gasteiger partial charge on any atom is -0.467 e. The van der Waals surface area contributed by atoms with Crippen molar-refractivity contribution in [2.75, 3.05) is 13.7 Å². The van der Waals surface area contributed by atoms with E-state index in [0.29, 0.717) is 13.1 Å². The molecule has 1 aromatic rings. The van der Waals surface area contributed by atoms with Crippen LogP contribution in [0.5, 0.6) is 0 Å². The molecule has 38 heavy (non-hydrogen) atoms. The predicted octanol–water partition coefficient (Wildman–Crippen LogP) is 3.86. The van der Waals surface area contributed by atoms with Gasteiger partial charge in [-0.3, -0.25) is 9.69 Å². The average Bonchev–Trinajstić information content (AvgIpc) is 3.44. The summed E-state index contributed by atoms with van der Waals surface area (Å²) in [5.41, 5.74) is 1.56. The third-order valence-corrected chi connectivity index (χ3v) is 6.56. The van der Waals surface area contributed by atoms with Crippen molar-refractivity contribution in [2.45, 2.75) is 84.8 Å². The number of carbonyl (C=O) groups is 4. The van der Waals surface area contributed by atoms with Gasteiger partial charge in [0.1, 0.15) is 23.8 Å². The fraction of sp³-hybridized carbons (Fsp3) is 0.571. The number of ether oxygens (including phenoxy) is 3. The highest BCUT2D eigenvalue weighted by molar-refractivity contribution is 5.91. The molecular formula is C28H39N3O7. The first-order valence-corrected chi connectivity index (χ1v) is 12.7. The van der Waals surface area contributed by atoms with Crippen LogP contribution in [0.3, 0.4) is 0 Å². The summed E-state index contributed by atoms with van der Waals surface area (Å²) < 4.78 is 16.1. The molecule has 2 aliphatic heterocycles. The lowest BCUT2D eigenvalue weighted by Crippen LogP contribution is -2.57. The van der Waals surface area contributed by atoms with E-state index in [9.17, 15) is 19.2 Å². The Morgan fingerprint density at radius 1 is 1.11 bits per heavy atom. The molecule has 1 aromatic carbocycles. The number of nitrogens with zero attached hydrogens (tertiary/aromatic N) is 2. The molecule has 0 saturated carbocycles. The predicted molar refractivity (Wildman–Crippen MR) is 141 cm³/mol. The molecule has 0 radical (unpaired) electrons. The second-order valence-corrected chi connectivity index (χ2v) is 11.8. The van der Waals surface area contributed by atoms with Gasteiger partial charge in [-0.1, -0.05) is 51.6 Å². The van der Waals surface area contributed by atoms with Crippen molar-refractivity contribution in [1.82, 2.24) is 15.1 Å². The highest BCUT2D eigenvalue weighted by atomic mass is 16.6. The highest BCUT2D eigenvalue weighted by Gasteiger charge is 2.47. The summed E-state index contributed by atoms with van der Waals surface area (Å²) in [6.45, 7) is 15.2. The Hall–Kier alpha value is -3.56. The molecule has 208 valence electrons. The fourth-order valence-electron chi connectivity index (χ4n) is 4.71. The zero-order chi connectivity index (χ0) is 28.4. The number of methoxy groups -OCH3 is 1. The molecule has 0 spiro atoms. The lowest BCUT2D eigenvalue weighted by Gasteiger charge is -2.35. The first-order valence-electron chi connectivity index (χ1n) is 12.7. The van der Waals surface area contributed by atoms with Gasteiger partial charge in [0.05, 0.1) is 20.2 Å². The van der Waals surface area contributed by atoms with Crippen molar-refractivity contribution in [3.05, 3.63) is 41.5 Å². The minimum atomic E-state index is -0.996. The maximum atomic E-state index is 13.7. The molecule has 3 unspecified atom stereocenters. The molecule has 1 saturated heterocycles. The Labute approximate surface area is 224 Å². The lowest BCUT2D eigenvalue weighted by atomic mass is 9.85. The third kappa shape index (κ3) is 6.65. The van der Waals surface area contributed by atoms with Gasteiger partial charge in [0.2, 0.25) is 5.91 Å². The van der Waals surface area contributed by atoms with Crippen LogP contribution in [0.15, 0.2) is 24.8 Å². The summed E-state index contributed by atoms with van der Waals surface area (Å²) >= 11 is 0. The number of rotatable bonds is 5. The third-order valence-electron chi connectivity index (χ3n) is 6.56. The van der Waals surface area contributed by atoms with E-state index < -0.39 is 53.3 Å². The minimum absolute atomic E-state index is 0.00832. The molecule has 3 rings (SSSR count). The second kappa shape index (κ2) is 11.0. The molecule has 10 nitrogen and oxygen atoms in total. The van der Waals surface area contributed by atoms with Crippen molar-refractivity contribution in [1.29, 1.82) is 0 Å². The number of fused-ring (bicyclic) bond motifs is 1. The quantitative estimate of drug-likeness (QED) is 0.455. The molecule has 3 atom stereocenters. The molecule has 10 heteroatoms. The number of likely N-dealkylation sites (tertiary alicyclic amines) is 1. The molecule has 3 amide bonds. The molecule has 0 bridgehead atoms. The summed E-state index contributed by atoms with van der Waals surface area (Å²) in [5.74, 6) is -1.10. The monoisotopic (exact) mass is 529 g/mol. The normalized spacial score (nSPS) is 19.9. The number of benzene rings is 1. The SMILES string of the molecule is C=Cc1cccc2c1CN(C(=O)OC1CC(C(=O)OC)N(C(=O)C(NC(=O)OC(C)(C)C)C(C)(C)C)C1)C2. The summed E-state index contributed by atoms with van der Waals surface area (Å²) in [5, 5.41) is 2.66. The van der Waals surface area contributed by atoms with Gasteiger partial charge in [-0.2, -0.15) is 0 Å². The molecule has 2 aliphatic rings. The Morgan fingerprint density at radius 3 is 2.37 bits per heavy atom. The Balaban J connectivity index is 1.74. The van der Waals surface area contributed by atoms with Crippen LogP contribution in [0, 0.1) is 5.41 Å². The molecular weight excluding hydrogens is 490 g/mol. The summed E-state index contributed by atoms with van der Waals surface area (Å²) in [6.07, 6.45) is -0.147. The van der Waals surface area contributed by atoms with Crippen LogP contribution in [0.2, 0.25) is 0 Å². The summed E-state index contributed by atoms with van der Waals surface area (Å²) in [6, 6.07) is 3.87. The Bertz CT molecular complexity index is 1100. The largest absolute Gasteiger partial charge is 0.467 e. The van der Waals surface area contributed by atoms with Gasteiger partial charge in [-0.05, 0) is 42.9 Å². The van der Waals surface area contributed by atoms with Crippen molar-refractivity contribution >= 4 is 30.1 Å². The maximum absolute atomic E-state index is 13.7. The zero-order valence-corrected chi connectivity index (χ0v) is 23.3. The van der Waals surface area contributed by atoms with Crippen LogP contribution in [0.1, 0.15) is 64.7 Å². The van der Waals surface area contributed by atoms with Crippen molar-refractivity contribution in [3.63, 3.8) is 0 Å². The average molecular weight is 530 g/mol. The maximum Gasteiger partial charge on any atom is 0.410 e. The van der Waals surface area contributed by atoms with E-state index in [1.54, 1.807) is 52.5 Å². The van der Waals surface area contributed by atoms with E-state index in [-0.39, 0.29) is 13.0 Å². The number of esters is 1. The number of carbonyl (C=O) groups excluding carboxylic acids is 4. The number of nitrogens with one attached hydrogen (secondary N) is 1. The van der Waals surface area contributed by atoms with E-state index in [2.05, 4.69) is 11.9 Å². The first-order chi connectivity index (χ1) is 17.6. The van der Waals surface area contributed by atoms with Crippen molar-refractivity contribution in [2.24, 2.45) is 5.41 Å². The van der Waals surface area contributed by atoms with Crippen LogP contribution in [-0.2, 0) is 36.9 Å². The number of hydrogen-bond donors (Lipinski definition) is 1. The standard InChI is InChI=1S/C28H39N3O7/c1-9-17-11-10-12-18-14-30(16-20(17)18)26(35)37-19-13-21(24(33)36-8)31(15-19)23(32)22(27(2,3)4)29-25(34)38-28(5,6)7/h9-12,19,21-22H,1,13-16H2,2-8H3,(H,29,34). The highest BCUT2D eigenvalue weighted by Crippen LogP contribution is 2.30. The van der Waals surface area contributed by atoms with Gasteiger partial charge in [-0.25, -0.2) is 14.4 Å². The van der Waals surface area contributed by atoms with Gasteiger partial charge >= 0.3 is 18.2 Å². The smallest absolute Gasteiger partial charge is 0.410 e. The fourth-order valence-corrected chi connectivity index (χ4v) is 4.71. The molecule has 1 fully saturated rings. The lowest BCUT2D eigenvalue weighted by molar-refractivity contribution is -0.152. The van der Waals surface area contributed by atoms with E-state index in [0.717, 1.165) is 16.7 Å². The first kappa shape index (κ1) is 29.0. The number of alkyl carbamates (subject to hydrolysis) is 1. The topological polar surface area (TPSA) is 114 Å². The van der Waals surface area contributed by atoms with Crippen LogP contribution in [0.25, 0.3) is 6.08 Å². The van der Waals surface area contributed by atoms with Gasteiger partial charge in [0, 0.05) is 13.0 Å². The summed E-state index contributed by atoms with van der Waals surface area (Å²) in [4.78, 5) is 54.8. The van der Waals surface area contributed by atoms with Crippen LogP contribution < -0.4 is 5.32 Å². The van der Waals surface area contributed by atoms with Crippen LogP contribution in [-0.4, -0.2) is 71.3 Å². The van der Waals surface area contributed by atoms with Crippen molar-refractivity contribution in [3.8, 4) is 0 Å². The van der Waals surface area contributed by atoms with Gasteiger partial charge in [0.15, 0.2) is 0 Å². The van der Waals surface area contributed by atoms with Gasteiger partial charge < -0.3 is 24.4 Å².